The van der Waals surface area contributed by atoms with Gasteiger partial charge in [-0.2, -0.15) is 0 Å². The van der Waals surface area contributed by atoms with Crippen LogP contribution < -0.4 is 5.32 Å². The van der Waals surface area contributed by atoms with Crippen LogP contribution in [-0.2, 0) is 0 Å². The molecular formula is C17H26N2O. The van der Waals surface area contributed by atoms with Gasteiger partial charge in [-0.15, -0.1) is 0 Å². The Labute approximate surface area is 122 Å². The molecule has 1 fully saturated rings. The van der Waals surface area contributed by atoms with E-state index in [0.717, 1.165) is 30.4 Å². The summed E-state index contributed by atoms with van der Waals surface area (Å²) in [6.07, 6.45) is 6.04. The van der Waals surface area contributed by atoms with Crippen molar-refractivity contribution in [1.29, 1.82) is 0 Å². The zero-order valence-corrected chi connectivity index (χ0v) is 12.7. The number of Topliss-reactive ketones (excluding diaryl/α,β-unsaturated/α-hetero) is 1. The van der Waals surface area contributed by atoms with Gasteiger partial charge in [0.2, 0.25) is 0 Å². The number of ketones is 1. The molecule has 1 aliphatic rings. The second-order valence-electron chi connectivity index (χ2n) is 5.70. The Morgan fingerprint density at radius 2 is 1.90 bits per heavy atom. The lowest BCUT2D eigenvalue weighted by Crippen LogP contribution is -2.33. The van der Waals surface area contributed by atoms with Crippen molar-refractivity contribution >= 4 is 11.5 Å². The molecule has 0 heterocycles. The number of hydrogen-bond acceptors (Lipinski definition) is 3. The normalized spacial score (nSPS) is 15.8. The number of carbonyl (C=O) groups is 1. The van der Waals surface area contributed by atoms with Gasteiger partial charge in [0.25, 0.3) is 0 Å². The molecule has 110 valence electrons. The minimum absolute atomic E-state index is 0.206. The van der Waals surface area contributed by atoms with E-state index < -0.39 is 0 Å². The summed E-state index contributed by atoms with van der Waals surface area (Å²) in [4.78, 5) is 14.0. The van der Waals surface area contributed by atoms with Crippen LogP contribution in [0.15, 0.2) is 24.3 Å². The number of rotatable bonds is 7. The molecule has 0 aliphatic heterocycles. The molecule has 1 N–H and O–H groups in total. The van der Waals surface area contributed by atoms with Crippen molar-refractivity contribution in [3.8, 4) is 0 Å². The van der Waals surface area contributed by atoms with Crippen molar-refractivity contribution in [2.75, 3.05) is 25.5 Å². The highest BCUT2D eigenvalue weighted by atomic mass is 16.1. The lowest BCUT2D eigenvalue weighted by Gasteiger charge is -2.24. The summed E-state index contributed by atoms with van der Waals surface area (Å²) in [5.74, 6) is 0.206. The quantitative estimate of drug-likeness (QED) is 0.772. The van der Waals surface area contributed by atoms with Gasteiger partial charge < -0.3 is 10.2 Å². The Morgan fingerprint density at radius 3 is 2.50 bits per heavy atom. The molecule has 0 atom stereocenters. The number of hydrogen-bond donors (Lipinski definition) is 1. The molecule has 1 saturated carbocycles. The molecule has 0 unspecified atom stereocenters. The summed E-state index contributed by atoms with van der Waals surface area (Å²) < 4.78 is 0. The molecule has 0 spiro atoms. The molecule has 0 amide bonds. The first-order valence-electron chi connectivity index (χ1n) is 7.78. The number of likely N-dealkylation sites (N-methyl/N-ethyl adjacent to an activating group) is 1. The van der Waals surface area contributed by atoms with E-state index in [2.05, 4.69) is 17.3 Å². The van der Waals surface area contributed by atoms with Crippen molar-refractivity contribution in [3.05, 3.63) is 29.8 Å². The zero-order valence-electron chi connectivity index (χ0n) is 12.7. The number of nitrogens with one attached hydrogen (secondary N) is 1. The molecule has 3 heteroatoms. The maximum atomic E-state index is 11.5. The van der Waals surface area contributed by atoms with E-state index in [1.807, 2.05) is 31.2 Å². The molecule has 0 saturated heterocycles. The monoisotopic (exact) mass is 274 g/mol. The molecule has 0 bridgehead atoms. The van der Waals surface area contributed by atoms with Crippen LogP contribution >= 0.6 is 0 Å². The standard InChI is InChI=1S/C17H26N2O/c1-3-17(20)14-8-10-15(11-9-14)18-12-13-19(2)16-6-4-5-7-16/h8-11,16,18H,3-7,12-13H2,1-2H3. The fourth-order valence-corrected chi connectivity index (χ4v) is 2.88. The second-order valence-corrected chi connectivity index (χ2v) is 5.70. The van der Waals surface area contributed by atoms with Crippen LogP contribution in [-0.4, -0.2) is 36.9 Å². The van der Waals surface area contributed by atoms with Gasteiger partial charge in [-0.05, 0) is 44.2 Å². The predicted octanol–water partition coefficient (Wildman–Crippen LogP) is 3.57. The van der Waals surface area contributed by atoms with E-state index in [0.29, 0.717) is 6.42 Å². The third kappa shape index (κ3) is 4.07. The van der Waals surface area contributed by atoms with Crippen LogP contribution in [0.2, 0.25) is 0 Å². The van der Waals surface area contributed by atoms with Crippen molar-refractivity contribution in [2.45, 2.75) is 45.1 Å². The highest BCUT2D eigenvalue weighted by Gasteiger charge is 2.18. The molecule has 1 aromatic rings. The summed E-state index contributed by atoms with van der Waals surface area (Å²) in [5.41, 5.74) is 1.90. The van der Waals surface area contributed by atoms with Gasteiger partial charge >= 0.3 is 0 Å². The van der Waals surface area contributed by atoms with Gasteiger partial charge in [0.15, 0.2) is 5.78 Å². The number of carbonyl (C=O) groups excluding carboxylic acids is 1. The van der Waals surface area contributed by atoms with Crippen molar-refractivity contribution in [2.24, 2.45) is 0 Å². The third-order valence-corrected chi connectivity index (χ3v) is 4.27. The van der Waals surface area contributed by atoms with Crippen LogP contribution in [0.3, 0.4) is 0 Å². The van der Waals surface area contributed by atoms with Crippen molar-refractivity contribution < 1.29 is 4.79 Å². The van der Waals surface area contributed by atoms with Gasteiger partial charge in [-0.1, -0.05) is 19.8 Å². The summed E-state index contributed by atoms with van der Waals surface area (Å²) in [5, 5.41) is 3.43. The van der Waals surface area contributed by atoms with E-state index in [-0.39, 0.29) is 5.78 Å². The Morgan fingerprint density at radius 1 is 1.25 bits per heavy atom. The number of benzene rings is 1. The first-order chi connectivity index (χ1) is 9.70. The molecule has 0 radical (unpaired) electrons. The Balaban J connectivity index is 1.75. The largest absolute Gasteiger partial charge is 0.384 e. The smallest absolute Gasteiger partial charge is 0.162 e. The SMILES string of the molecule is CCC(=O)c1ccc(NCCN(C)C2CCCC2)cc1. The summed E-state index contributed by atoms with van der Waals surface area (Å²) in [6, 6.07) is 8.60. The lowest BCUT2D eigenvalue weighted by atomic mass is 10.1. The summed E-state index contributed by atoms with van der Waals surface area (Å²) in [6.45, 7) is 3.92. The minimum atomic E-state index is 0.206. The van der Waals surface area contributed by atoms with Gasteiger partial charge in [0.1, 0.15) is 0 Å². The van der Waals surface area contributed by atoms with Crippen LogP contribution in [0.5, 0.6) is 0 Å². The topological polar surface area (TPSA) is 32.3 Å². The molecule has 1 aromatic carbocycles. The first-order valence-corrected chi connectivity index (χ1v) is 7.78. The van der Waals surface area contributed by atoms with Gasteiger partial charge in [0.05, 0.1) is 0 Å². The number of nitrogens with zero attached hydrogens (tertiary/aromatic N) is 1. The van der Waals surface area contributed by atoms with Gasteiger partial charge in [-0.3, -0.25) is 4.79 Å². The molecule has 0 aromatic heterocycles. The summed E-state index contributed by atoms with van der Waals surface area (Å²) >= 11 is 0. The average molecular weight is 274 g/mol. The van der Waals surface area contributed by atoms with Gasteiger partial charge in [0, 0.05) is 36.8 Å². The van der Waals surface area contributed by atoms with E-state index in [1.54, 1.807) is 0 Å². The third-order valence-electron chi connectivity index (χ3n) is 4.27. The van der Waals surface area contributed by atoms with Crippen molar-refractivity contribution in [3.63, 3.8) is 0 Å². The van der Waals surface area contributed by atoms with E-state index in [9.17, 15) is 4.79 Å². The van der Waals surface area contributed by atoms with Gasteiger partial charge in [-0.25, -0.2) is 0 Å². The Hall–Kier alpha value is -1.35. The second kappa shape index (κ2) is 7.44. The predicted molar refractivity (Wildman–Crippen MR) is 84.4 cm³/mol. The lowest BCUT2D eigenvalue weighted by molar-refractivity contribution is 0.0988. The fraction of sp³-hybridized carbons (Fsp3) is 0.588. The molecule has 3 nitrogen and oxygen atoms in total. The van der Waals surface area contributed by atoms with E-state index in [4.69, 9.17) is 0 Å². The number of anilines is 1. The maximum Gasteiger partial charge on any atom is 0.162 e. The Bertz CT molecular complexity index is 421. The maximum absolute atomic E-state index is 11.5. The first kappa shape index (κ1) is 15.0. The highest BCUT2D eigenvalue weighted by Crippen LogP contribution is 2.22. The fourth-order valence-electron chi connectivity index (χ4n) is 2.88. The molecular weight excluding hydrogens is 248 g/mol. The van der Waals surface area contributed by atoms with Crippen LogP contribution in [0.1, 0.15) is 49.4 Å². The summed E-state index contributed by atoms with van der Waals surface area (Å²) in [7, 11) is 2.22. The average Bonchev–Trinajstić information content (AvgIpc) is 3.01. The molecule has 1 aliphatic carbocycles. The van der Waals surface area contributed by atoms with Crippen LogP contribution in [0, 0.1) is 0 Å². The zero-order chi connectivity index (χ0) is 14.4. The molecule has 2 rings (SSSR count). The van der Waals surface area contributed by atoms with Crippen LogP contribution in [0.4, 0.5) is 5.69 Å². The van der Waals surface area contributed by atoms with Crippen molar-refractivity contribution in [1.82, 2.24) is 4.90 Å². The Kier molecular flexibility index (Phi) is 5.60. The van der Waals surface area contributed by atoms with E-state index in [1.165, 1.54) is 25.7 Å². The molecule has 20 heavy (non-hydrogen) atoms. The van der Waals surface area contributed by atoms with E-state index >= 15 is 0 Å². The van der Waals surface area contributed by atoms with Crippen LogP contribution in [0.25, 0.3) is 0 Å². The highest BCUT2D eigenvalue weighted by molar-refractivity contribution is 5.96. The minimum Gasteiger partial charge on any atom is -0.384 e.